The Bertz CT molecular complexity index is 895. The first-order valence-electron chi connectivity index (χ1n) is 8.77. The van der Waals surface area contributed by atoms with Crippen molar-refractivity contribution in [3.8, 4) is 0 Å². The smallest absolute Gasteiger partial charge is 0.255 e. The number of anilines is 1. The Morgan fingerprint density at radius 3 is 2.50 bits per heavy atom. The Morgan fingerprint density at radius 2 is 1.89 bits per heavy atom. The van der Waals surface area contributed by atoms with Crippen LogP contribution < -0.4 is 10.6 Å². The van der Waals surface area contributed by atoms with Gasteiger partial charge < -0.3 is 15.4 Å². The average Bonchev–Trinajstić information content (AvgIpc) is 2.62. The zero-order chi connectivity index (χ0) is 20.1. The lowest BCUT2D eigenvalue weighted by Gasteiger charge is -2.40. The number of carbonyl (C=O) groups excluding carboxylic acids is 2. The minimum atomic E-state index is -0.696. The lowest BCUT2D eigenvalue weighted by Crippen LogP contribution is -2.51. The largest absolute Gasteiger partial charge is 0.379 e. The highest BCUT2D eigenvalue weighted by molar-refractivity contribution is 6.31. The van der Waals surface area contributed by atoms with E-state index < -0.39 is 5.41 Å². The Morgan fingerprint density at radius 1 is 1.18 bits per heavy atom. The zero-order valence-electron chi connectivity index (χ0n) is 15.1. The molecule has 1 aliphatic heterocycles. The number of rotatable bonds is 7. The molecule has 5 nitrogen and oxygen atoms in total. The molecule has 0 radical (unpaired) electrons. The molecule has 0 aliphatic carbocycles. The van der Waals surface area contributed by atoms with Crippen LogP contribution >= 0.6 is 11.6 Å². The van der Waals surface area contributed by atoms with E-state index in [1.807, 2.05) is 0 Å². The summed E-state index contributed by atoms with van der Waals surface area (Å²) in [7, 11) is 0. The van der Waals surface area contributed by atoms with Crippen molar-refractivity contribution < 1.29 is 18.7 Å². The Balaban J connectivity index is 1.55. The van der Waals surface area contributed by atoms with Gasteiger partial charge in [-0.3, -0.25) is 9.59 Å². The first kappa shape index (κ1) is 20.0. The highest BCUT2D eigenvalue weighted by atomic mass is 35.5. The van der Waals surface area contributed by atoms with Gasteiger partial charge in [-0.15, -0.1) is 0 Å². The average molecular weight is 403 g/mol. The Kier molecular flexibility index (Phi) is 6.11. The molecule has 2 amide bonds. The molecule has 1 heterocycles. The van der Waals surface area contributed by atoms with Crippen LogP contribution in [0, 0.1) is 11.2 Å². The van der Waals surface area contributed by atoms with Crippen molar-refractivity contribution in [2.45, 2.75) is 12.8 Å². The molecule has 2 N–H and O–H groups in total. The molecule has 2 aromatic rings. The third kappa shape index (κ3) is 4.77. The van der Waals surface area contributed by atoms with Crippen LogP contribution in [0.25, 0.3) is 0 Å². The molecule has 0 bridgehead atoms. The van der Waals surface area contributed by atoms with E-state index >= 15 is 0 Å². The Hall–Kier alpha value is -2.70. The molecule has 0 atom stereocenters. The molecule has 3 rings (SSSR count). The third-order valence-corrected chi connectivity index (χ3v) is 4.86. The molecule has 7 heteroatoms. The summed E-state index contributed by atoms with van der Waals surface area (Å²) in [5.74, 6) is -0.868. The number of allylic oxidation sites excluding steroid dienone is 1. The molecule has 146 valence electrons. The van der Waals surface area contributed by atoms with E-state index in [1.54, 1.807) is 24.3 Å². The molecule has 1 saturated heterocycles. The number of halogens is 2. The summed E-state index contributed by atoms with van der Waals surface area (Å²) in [4.78, 5) is 24.9. The van der Waals surface area contributed by atoms with E-state index in [1.165, 1.54) is 24.3 Å². The summed E-state index contributed by atoms with van der Waals surface area (Å²) in [6.45, 7) is 4.45. The number of hydrogen-bond acceptors (Lipinski definition) is 3. The lowest BCUT2D eigenvalue weighted by molar-refractivity contribution is -0.157. The van der Waals surface area contributed by atoms with E-state index in [2.05, 4.69) is 17.2 Å². The molecular formula is C21H20ClFN2O3. The maximum absolute atomic E-state index is 13.0. The minimum absolute atomic E-state index is 0.195. The van der Waals surface area contributed by atoms with E-state index in [-0.39, 0.29) is 30.8 Å². The fourth-order valence-electron chi connectivity index (χ4n) is 2.85. The van der Waals surface area contributed by atoms with Crippen molar-refractivity contribution >= 4 is 29.1 Å². The summed E-state index contributed by atoms with van der Waals surface area (Å²) in [6, 6.07) is 12.2. The predicted molar refractivity (Wildman–Crippen MR) is 106 cm³/mol. The van der Waals surface area contributed by atoms with Gasteiger partial charge in [0.1, 0.15) is 5.82 Å². The fraction of sp³-hybridized carbons (Fsp3) is 0.238. The second kappa shape index (κ2) is 8.54. The molecule has 0 spiro atoms. The van der Waals surface area contributed by atoms with Gasteiger partial charge in [0.2, 0.25) is 5.91 Å². The summed E-state index contributed by atoms with van der Waals surface area (Å²) < 4.78 is 18.3. The zero-order valence-corrected chi connectivity index (χ0v) is 15.9. The second-order valence-corrected chi connectivity index (χ2v) is 7.24. The standard InChI is InChI=1S/C21H20ClFN2O3/c1-14(24-19(26)15-3-2-4-16(22)11-15)9-10-21(12-28-13-21)20(27)25-18-7-5-17(23)6-8-18/h2-8,11H,1,9-10,12-13H2,(H,24,26)(H,25,27). The van der Waals surface area contributed by atoms with Gasteiger partial charge in [-0.05, 0) is 55.3 Å². The highest BCUT2D eigenvalue weighted by Crippen LogP contribution is 2.35. The molecule has 1 aliphatic rings. The number of ether oxygens (including phenoxy) is 1. The summed E-state index contributed by atoms with van der Waals surface area (Å²) in [6.07, 6.45) is 0.890. The lowest BCUT2D eigenvalue weighted by atomic mass is 9.79. The normalized spacial score (nSPS) is 14.6. The fourth-order valence-corrected chi connectivity index (χ4v) is 3.04. The highest BCUT2D eigenvalue weighted by Gasteiger charge is 2.45. The van der Waals surface area contributed by atoms with Crippen molar-refractivity contribution in [3.05, 3.63) is 77.2 Å². The van der Waals surface area contributed by atoms with Crippen LogP contribution in [0.2, 0.25) is 5.02 Å². The third-order valence-electron chi connectivity index (χ3n) is 4.62. The monoisotopic (exact) mass is 402 g/mol. The Labute approximate surface area is 167 Å². The van der Waals surface area contributed by atoms with Gasteiger partial charge in [-0.2, -0.15) is 0 Å². The molecule has 0 unspecified atom stereocenters. The van der Waals surface area contributed by atoms with E-state index in [4.69, 9.17) is 16.3 Å². The first-order valence-corrected chi connectivity index (χ1v) is 9.15. The number of nitrogens with one attached hydrogen (secondary N) is 2. The van der Waals surface area contributed by atoms with Crippen LogP contribution in [0.3, 0.4) is 0 Å². The van der Waals surface area contributed by atoms with E-state index in [9.17, 15) is 14.0 Å². The summed E-state index contributed by atoms with van der Waals surface area (Å²) in [5, 5.41) is 6.00. The maximum Gasteiger partial charge on any atom is 0.255 e. The van der Waals surface area contributed by atoms with Gasteiger partial charge in [0.25, 0.3) is 5.91 Å². The first-order chi connectivity index (χ1) is 13.4. The summed E-state index contributed by atoms with van der Waals surface area (Å²) >= 11 is 5.90. The number of amides is 2. The topological polar surface area (TPSA) is 67.4 Å². The van der Waals surface area contributed by atoms with Crippen molar-refractivity contribution in [1.82, 2.24) is 5.32 Å². The quantitative estimate of drug-likeness (QED) is 0.730. The van der Waals surface area contributed by atoms with Gasteiger partial charge in [0, 0.05) is 22.0 Å². The van der Waals surface area contributed by atoms with Gasteiger partial charge >= 0.3 is 0 Å². The molecule has 2 aromatic carbocycles. The second-order valence-electron chi connectivity index (χ2n) is 6.80. The van der Waals surface area contributed by atoms with Gasteiger partial charge in [-0.1, -0.05) is 24.2 Å². The molecule has 28 heavy (non-hydrogen) atoms. The van der Waals surface area contributed by atoms with Crippen molar-refractivity contribution in [1.29, 1.82) is 0 Å². The van der Waals surface area contributed by atoms with Crippen LogP contribution in [-0.4, -0.2) is 25.0 Å². The van der Waals surface area contributed by atoms with Crippen LogP contribution in [-0.2, 0) is 9.53 Å². The van der Waals surface area contributed by atoms with Gasteiger partial charge in [0.15, 0.2) is 0 Å². The minimum Gasteiger partial charge on any atom is -0.379 e. The van der Waals surface area contributed by atoms with Crippen LogP contribution in [0.1, 0.15) is 23.2 Å². The number of benzene rings is 2. The number of carbonyl (C=O) groups is 2. The predicted octanol–water partition coefficient (Wildman–Crippen LogP) is 4.16. The van der Waals surface area contributed by atoms with Crippen molar-refractivity contribution in [2.75, 3.05) is 18.5 Å². The van der Waals surface area contributed by atoms with Crippen LogP contribution in [0.15, 0.2) is 60.8 Å². The van der Waals surface area contributed by atoms with Gasteiger partial charge in [-0.25, -0.2) is 4.39 Å². The number of hydrogen-bond donors (Lipinski definition) is 2. The van der Waals surface area contributed by atoms with Crippen LogP contribution in [0.4, 0.5) is 10.1 Å². The SMILES string of the molecule is C=C(CCC1(C(=O)Nc2ccc(F)cc2)COC1)NC(=O)c1cccc(Cl)c1. The molecular weight excluding hydrogens is 383 g/mol. The molecule has 0 saturated carbocycles. The van der Waals surface area contributed by atoms with E-state index in [0.717, 1.165) is 0 Å². The van der Waals surface area contributed by atoms with Crippen LogP contribution in [0.5, 0.6) is 0 Å². The van der Waals surface area contributed by atoms with Crippen molar-refractivity contribution in [3.63, 3.8) is 0 Å². The summed E-state index contributed by atoms with van der Waals surface area (Å²) in [5.41, 5.74) is 0.763. The molecule has 1 fully saturated rings. The maximum atomic E-state index is 13.0. The van der Waals surface area contributed by atoms with E-state index in [0.29, 0.717) is 34.8 Å². The van der Waals surface area contributed by atoms with Crippen molar-refractivity contribution in [2.24, 2.45) is 5.41 Å². The molecule has 0 aromatic heterocycles. The van der Waals surface area contributed by atoms with Gasteiger partial charge in [0.05, 0.1) is 18.6 Å².